The van der Waals surface area contributed by atoms with Crippen molar-refractivity contribution in [3.8, 4) is 0 Å². The van der Waals surface area contributed by atoms with Crippen molar-refractivity contribution < 1.29 is 0 Å². The van der Waals surface area contributed by atoms with Crippen LogP contribution in [0.25, 0.3) is 0 Å². The summed E-state index contributed by atoms with van der Waals surface area (Å²) in [6, 6.07) is 12.8. The minimum Gasteiger partial charge on any atom is -0.398 e. The zero-order chi connectivity index (χ0) is 12.7. The highest BCUT2D eigenvalue weighted by Gasteiger charge is 2.20. The number of nitrogens with two attached hydrogens (primary N) is 1. The molecule has 2 N–H and O–H groups in total. The number of anilines is 2. The van der Waals surface area contributed by atoms with Gasteiger partial charge in [0, 0.05) is 23.2 Å². The van der Waals surface area contributed by atoms with E-state index in [-0.39, 0.29) is 0 Å². The molecule has 0 aliphatic carbocycles. The second-order valence-corrected chi connectivity index (χ2v) is 5.64. The van der Waals surface area contributed by atoms with Crippen molar-refractivity contribution in [2.75, 3.05) is 10.6 Å². The quantitative estimate of drug-likeness (QED) is 0.811. The standard InChI is InChI=1S/C15H15BrN2/c1-10-6-15(13(16)7-14(10)17)18-8-11-4-2-3-5-12(11)9-18/h2-7H,8-9,17H2,1H3. The maximum Gasteiger partial charge on any atom is 0.0520 e. The summed E-state index contributed by atoms with van der Waals surface area (Å²) >= 11 is 3.61. The zero-order valence-corrected chi connectivity index (χ0v) is 11.9. The first-order chi connectivity index (χ1) is 8.65. The Morgan fingerprint density at radius 1 is 1.11 bits per heavy atom. The fraction of sp³-hybridized carbons (Fsp3) is 0.200. The Kier molecular flexibility index (Phi) is 2.78. The first-order valence-electron chi connectivity index (χ1n) is 6.02. The van der Waals surface area contributed by atoms with Gasteiger partial charge in [0.05, 0.1) is 5.69 Å². The van der Waals surface area contributed by atoms with Crippen LogP contribution in [0, 0.1) is 6.92 Å². The average Bonchev–Trinajstić information content (AvgIpc) is 2.77. The number of fused-ring (bicyclic) bond motifs is 1. The van der Waals surface area contributed by atoms with Crippen molar-refractivity contribution in [2.45, 2.75) is 20.0 Å². The van der Waals surface area contributed by atoms with Crippen molar-refractivity contribution in [3.63, 3.8) is 0 Å². The van der Waals surface area contributed by atoms with Gasteiger partial charge in [-0.1, -0.05) is 24.3 Å². The van der Waals surface area contributed by atoms with E-state index in [0.717, 1.165) is 28.8 Å². The normalized spacial score (nSPS) is 13.8. The highest BCUT2D eigenvalue weighted by atomic mass is 79.9. The maximum atomic E-state index is 5.92. The molecule has 3 rings (SSSR count). The Balaban J connectivity index is 1.97. The molecule has 3 heteroatoms. The highest BCUT2D eigenvalue weighted by Crippen LogP contribution is 2.35. The Morgan fingerprint density at radius 2 is 1.72 bits per heavy atom. The third kappa shape index (κ3) is 1.89. The number of nitrogen functional groups attached to an aromatic ring is 1. The molecule has 0 atom stereocenters. The smallest absolute Gasteiger partial charge is 0.0520 e. The SMILES string of the molecule is Cc1cc(N2Cc3ccccc3C2)c(Br)cc1N. The second-order valence-electron chi connectivity index (χ2n) is 4.78. The number of rotatable bonds is 1. The minimum absolute atomic E-state index is 0.835. The van der Waals surface area contributed by atoms with Gasteiger partial charge in [0.15, 0.2) is 0 Å². The lowest BCUT2D eigenvalue weighted by Crippen LogP contribution is -2.15. The molecule has 0 spiro atoms. The molecule has 0 radical (unpaired) electrons. The zero-order valence-electron chi connectivity index (χ0n) is 10.3. The van der Waals surface area contributed by atoms with Gasteiger partial charge in [0.25, 0.3) is 0 Å². The number of hydrogen-bond donors (Lipinski definition) is 1. The Labute approximate surface area is 116 Å². The summed E-state index contributed by atoms with van der Waals surface area (Å²) in [4.78, 5) is 2.38. The van der Waals surface area contributed by atoms with E-state index in [1.165, 1.54) is 16.8 Å². The largest absolute Gasteiger partial charge is 0.398 e. The van der Waals surface area contributed by atoms with Crippen LogP contribution >= 0.6 is 15.9 Å². The van der Waals surface area contributed by atoms with E-state index >= 15 is 0 Å². The van der Waals surface area contributed by atoms with Gasteiger partial charge < -0.3 is 10.6 Å². The lowest BCUT2D eigenvalue weighted by Gasteiger charge is -2.20. The van der Waals surface area contributed by atoms with Crippen molar-refractivity contribution in [1.29, 1.82) is 0 Å². The van der Waals surface area contributed by atoms with Crippen LogP contribution in [0.5, 0.6) is 0 Å². The van der Waals surface area contributed by atoms with Gasteiger partial charge in [-0.3, -0.25) is 0 Å². The molecule has 0 bridgehead atoms. The summed E-state index contributed by atoms with van der Waals surface area (Å²) in [6.07, 6.45) is 0. The van der Waals surface area contributed by atoms with Crippen LogP contribution in [0.1, 0.15) is 16.7 Å². The number of aryl methyl sites for hydroxylation is 1. The third-order valence-electron chi connectivity index (χ3n) is 3.52. The Bertz CT molecular complexity index is 582. The van der Waals surface area contributed by atoms with Crippen molar-refractivity contribution in [2.24, 2.45) is 0 Å². The molecule has 92 valence electrons. The monoisotopic (exact) mass is 302 g/mol. The van der Waals surface area contributed by atoms with Crippen LogP contribution in [0.4, 0.5) is 11.4 Å². The average molecular weight is 303 g/mol. The summed E-state index contributed by atoms with van der Waals surface area (Å²) in [5.41, 5.74) is 11.9. The van der Waals surface area contributed by atoms with Gasteiger partial charge in [-0.25, -0.2) is 0 Å². The number of hydrogen-bond acceptors (Lipinski definition) is 2. The molecule has 0 aromatic heterocycles. The van der Waals surface area contributed by atoms with Gasteiger partial charge in [0.2, 0.25) is 0 Å². The molecular formula is C15H15BrN2. The van der Waals surface area contributed by atoms with Crippen LogP contribution in [0.3, 0.4) is 0 Å². The molecule has 0 saturated heterocycles. The summed E-state index contributed by atoms with van der Waals surface area (Å²) < 4.78 is 1.07. The van der Waals surface area contributed by atoms with Crippen molar-refractivity contribution in [1.82, 2.24) is 0 Å². The molecule has 18 heavy (non-hydrogen) atoms. The fourth-order valence-electron chi connectivity index (χ4n) is 2.43. The highest BCUT2D eigenvalue weighted by molar-refractivity contribution is 9.10. The van der Waals surface area contributed by atoms with E-state index in [2.05, 4.69) is 58.1 Å². The lowest BCUT2D eigenvalue weighted by molar-refractivity contribution is 0.877. The Morgan fingerprint density at radius 3 is 2.33 bits per heavy atom. The molecule has 2 nitrogen and oxygen atoms in total. The van der Waals surface area contributed by atoms with Gasteiger partial charge in [0.1, 0.15) is 0 Å². The molecular weight excluding hydrogens is 288 g/mol. The Hall–Kier alpha value is -1.48. The lowest BCUT2D eigenvalue weighted by atomic mass is 10.1. The fourth-order valence-corrected chi connectivity index (χ4v) is 3.04. The van der Waals surface area contributed by atoms with Crippen LogP contribution in [0.2, 0.25) is 0 Å². The van der Waals surface area contributed by atoms with E-state index in [1.807, 2.05) is 6.07 Å². The van der Waals surface area contributed by atoms with Crippen molar-refractivity contribution >= 4 is 27.3 Å². The van der Waals surface area contributed by atoms with E-state index in [1.54, 1.807) is 0 Å². The maximum absolute atomic E-state index is 5.92. The van der Waals surface area contributed by atoms with Gasteiger partial charge in [-0.05, 0) is 51.7 Å². The second kappa shape index (κ2) is 4.32. The molecule has 1 heterocycles. The summed E-state index contributed by atoms with van der Waals surface area (Å²) in [5.74, 6) is 0. The molecule has 0 amide bonds. The molecule has 1 aliphatic heterocycles. The summed E-state index contributed by atoms with van der Waals surface area (Å²) in [5, 5.41) is 0. The number of benzene rings is 2. The van der Waals surface area contributed by atoms with Crippen molar-refractivity contribution in [3.05, 3.63) is 57.6 Å². The molecule has 2 aromatic rings. The van der Waals surface area contributed by atoms with Crippen LogP contribution in [-0.2, 0) is 13.1 Å². The molecule has 1 aliphatic rings. The molecule has 0 unspecified atom stereocenters. The van der Waals surface area contributed by atoms with Gasteiger partial charge in [-0.2, -0.15) is 0 Å². The predicted octanol–water partition coefficient (Wildman–Crippen LogP) is 3.86. The number of halogens is 1. The first-order valence-corrected chi connectivity index (χ1v) is 6.82. The van der Waals surface area contributed by atoms with E-state index in [0.29, 0.717) is 0 Å². The minimum atomic E-state index is 0.835. The topological polar surface area (TPSA) is 29.3 Å². The van der Waals surface area contributed by atoms with E-state index < -0.39 is 0 Å². The molecule has 0 fully saturated rings. The molecule has 2 aromatic carbocycles. The van der Waals surface area contributed by atoms with Gasteiger partial charge >= 0.3 is 0 Å². The van der Waals surface area contributed by atoms with Crippen LogP contribution in [-0.4, -0.2) is 0 Å². The first kappa shape index (κ1) is 11.6. The molecule has 0 saturated carbocycles. The van der Waals surface area contributed by atoms with Crippen LogP contribution in [0.15, 0.2) is 40.9 Å². The van der Waals surface area contributed by atoms with Crippen LogP contribution < -0.4 is 10.6 Å². The third-order valence-corrected chi connectivity index (χ3v) is 4.15. The summed E-state index contributed by atoms with van der Waals surface area (Å²) in [7, 11) is 0. The summed E-state index contributed by atoms with van der Waals surface area (Å²) in [6.45, 7) is 3.99. The van der Waals surface area contributed by atoms with E-state index in [4.69, 9.17) is 5.73 Å². The number of nitrogens with zero attached hydrogens (tertiary/aromatic N) is 1. The van der Waals surface area contributed by atoms with Gasteiger partial charge in [-0.15, -0.1) is 0 Å². The predicted molar refractivity (Wildman–Crippen MR) is 79.6 cm³/mol. The van der Waals surface area contributed by atoms with E-state index in [9.17, 15) is 0 Å².